The van der Waals surface area contributed by atoms with Crippen LogP contribution in [0, 0.1) is 0 Å². The fraction of sp³-hybridized carbons (Fsp3) is 0.500. The Morgan fingerprint density at radius 1 is 1.28 bits per heavy atom. The van der Waals surface area contributed by atoms with Crippen LogP contribution in [-0.2, 0) is 10.2 Å². The second kappa shape index (κ2) is 7.91. The Balaban J connectivity index is 2.07. The third-order valence-electron chi connectivity index (χ3n) is 4.03. The molecule has 6 nitrogen and oxygen atoms in total. The van der Waals surface area contributed by atoms with E-state index in [1.165, 1.54) is 22.0 Å². The Kier molecular flexibility index (Phi) is 6.11. The molecule has 1 aromatic carbocycles. The molecule has 1 heterocycles. The van der Waals surface area contributed by atoms with Crippen molar-refractivity contribution in [1.82, 2.24) is 20.2 Å². The number of rotatable bonds is 6. The Hall–Kier alpha value is -2.02. The Morgan fingerprint density at radius 3 is 2.48 bits per heavy atom. The van der Waals surface area contributed by atoms with Gasteiger partial charge in [0.15, 0.2) is 5.82 Å². The van der Waals surface area contributed by atoms with Gasteiger partial charge in [-0.05, 0) is 24.3 Å². The lowest BCUT2D eigenvalue weighted by Gasteiger charge is -2.19. The lowest BCUT2D eigenvalue weighted by molar-refractivity contribution is -0.119. The highest BCUT2D eigenvalue weighted by Gasteiger charge is 2.16. The van der Waals surface area contributed by atoms with Gasteiger partial charge in [-0.1, -0.05) is 63.7 Å². The molecule has 1 unspecified atom stereocenters. The Morgan fingerprint density at radius 2 is 1.92 bits per heavy atom. The molecule has 0 fully saturated rings. The Bertz CT molecular complexity index is 718. The summed E-state index contributed by atoms with van der Waals surface area (Å²) in [7, 11) is 0. The van der Waals surface area contributed by atoms with Gasteiger partial charge in [0, 0.05) is 11.6 Å². The van der Waals surface area contributed by atoms with Gasteiger partial charge in [-0.3, -0.25) is 4.79 Å². The zero-order chi connectivity index (χ0) is 18.6. The summed E-state index contributed by atoms with van der Waals surface area (Å²) in [5, 5.41) is 11.7. The van der Waals surface area contributed by atoms with Crippen molar-refractivity contribution in [2.75, 3.05) is 11.6 Å². The number of nitrogen functional groups attached to an aromatic ring is 1. The SMILES string of the molecule is CCC(C)NC(=O)CSc1nnc(-c2ccc(C(C)(C)C)cc2)n1N. The van der Waals surface area contributed by atoms with E-state index in [1.807, 2.05) is 26.0 Å². The third kappa shape index (κ3) is 4.98. The molecule has 1 aromatic heterocycles. The summed E-state index contributed by atoms with van der Waals surface area (Å²) in [5.74, 6) is 6.94. The molecule has 0 aliphatic heterocycles. The first kappa shape index (κ1) is 19.3. The van der Waals surface area contributed by atoms with Crippen LogP contribution in [-0.4, -0.2) is 32.6 Å². The average Bonchev–Trinajstić information content (AvgIpc) is 2.93. The smallest absolute Gasteiger partial charge is 0.230 e. The first-order valence-electron chi connectivity index (χ1n) is 8.46. The Labute approximate surface area is 153 Å². The molecule has 0 aliphatic carbocycles. The summed E-state index contributed by atoms with van der Waals surface area (Å²) in [6.07, 6.45) is 0.901. The van der Waals surface area contributed by atoms with Crippen molar-refractivity contribution in [2.45, 2.75) is 57.7 Å². The van der Waals surface area contributed by atoms with E-state index in [2.05, 4.69) is 48.4 Å². The van der Waals surface area contributed by atoms with Crippen molar-refractivity contribution in [3.05, 3.63) is 29.8 Å². The summed E-state index contributed by atoms with van der Waals surface area (Å²) >= 11 is 1.28. The van der Waals surface area contributed by atoms with Crippen molar-refractivity contribution >= 4 is 17.7 Å². The molecule has 136 valence electrons. The van der Waals surface area contributed by atoms with Crippen molar-refractivity contribution in [3.63, 3.8) is 0 Å². The number of aromatic nitrogens is 3. The number of carbonyl (C=O) groups is 1. The van der Waals surface area contributed by atoms with Gasteiger partial charge in [-0.25, -0.2) is 4.68 Å². The predicted molar refractivity (Wildman–Crippen MR) is 103 cm³/mol. The fourth-order valence-corrected chi connectivity index (χ4v) is 2.91. The number of amides is 1. The van der Waals surface area contributed by atoms with E-state index in [1.54, 1.807) is 0 Å². The highest BCUT2D eigenvalue weighted by Crippen LogP contribution is 2.26. The molecular weight excluding hydrogens is 334 g/mol. The van der Waals surface area contributed by atoms with Crippen LogP contribution in [0.2, 0.25) is 0 Å². The normalized spacial score (nSPS) is 12.8. The number of thioether (sulfide) groups is 1. The first-order valence-corrected chi connectivity index (χ1v) is 9.44. The van der Waals surface area contributed by atoms with Crippen LogP contribution in [0.1, 0.15) is 46.6 Å². The monoisotopic (exact) mass is 361 g/mol. The minimum Gasteiger partial charge on any atom is -0.353 e. The molecule has 25 heavy (non-hydrogen) atoms. The fourth-order valence-electron chi connectivity index (χ4n) is 2.24. The maximum Gasteiger partial charge on any atom is 0.230 e. The van der Waals surface area contributed by atoms with Crippen LogP contribution in [0.15, 0.2) is 29.4 Å². The van der Waals surface area contributed by atoms with Gasteiger partial charge in [0.1, 0.15) is 0 Å². The molecule has 1 atom stereocenters. The third-order valence-corrected chi connectivity index (χ3v) is 4.97. The van der Waals surface area contributed by atoms with Gasteiger partial charge < -0.3 is 11.2 Å². The van der Waals surface area contributed by atoms with Crippen LogP contribution < -0.4 is 11.2 Å². The van der Waals surface area contributed by atoms with Crippen LogP contribution in [0.25, 0.3) is 11.4 Å². The zero-order valence-corrected chi connectivity index (χ0v) is 16.4. The summed E-state index contributed by atoms with van der Waals surface area (Å²) < 4.78 is 1.44. The van der Waals surface area contributed by atoms with Gasteiger partial charge in [-0.2, -0.15) is 0 Å². The van der Waals surface area contributed by atoms with Crippen LogP contribution >= 0.6 is 11.8 Å². The molecule has 1 amide bonds. The number of benzene rings is 1. The molecule has 0 saturated carbocycles. The molecule has 7 heteroatoms. The molecule has 0 saturated heterocycles. The highest BCUT2D eigenvalue weighted by molar-refractivity contribution is 7.99. The van der Waals surface area contributed by atoms with E-state index < -0.39 is 0 Å². The molecule has 0 radical (unpaired) electrons. The number of nitrogens with two attached hydrogens (primary N) is 1. The van der Waals surface area contributed by atoms with Gasteiger partial charge in [0.25, 0.3) is 0 Å². The highest BCUT2D eigenvalue weighted by atomic mass is 32.2. The average molecular weight is 362 g/mol. The molecule has 3 N–H and O–H groups in total. The van der Waals surface area contributed by atoms with Crippen LogP contribution in [0.5, 0.6) is 0 Å². The van der Waals surface area contributed by atoms with Gasteiger partial charge >= 0.3 is 0 Å². The molecule has 2 aromatic rings. The van der Waals surface area contributed by atoms with E-state index in [-0.39, 0.29) is 23.1 Å². The summed E-state index contributed by atoms with van der Waals surface area (Å²) in [5.41, 5.74) is 2.24. The molecule has 0 aliphatic rings. The second-order valence-electron chi connectivity index (χ2n) is 7.17. The van der Waals surface area contributed by atoms with Gasteiger partial charge in [-0.15, -0.1) is 10.2 Å². The second-order valence-corrected chi connectivity index (χ2v) is 8.11. The molecule has 0 bridgehead atoms. The van der Waals surface area contributed by atoms with E-state index in [9.17, 15) is 4.79 Å². The van der Waals surface area contributed by atoms with Crippen LogP contribution in [0.3, 0.4) is 0 Å². The van der Waals surface area contributed by atoms with E-state index in [0.717, 1.165) is 12.0 Å². The zero-order valence-electron chi connectivity index (χ0n) is 15.5. The maximum absolute atomic E-state index is 11.9. The lowest BCUT2D eigenvalue weighted by atomic mass is 9.87. The van der Waals surface area contributed by atoms with E-state index in [0.29, 0.717) is 11.0 Å². The summed E-state index contributed by atoms with van der Waals surface area (Å²) in [4.78, 5) is 11.9. The van der Waals surface area contributed by atoms with Crippen molar-refractivity contribution in [1.29, 1.82) is 0 Å². The molecular formula is C18H27N5OS. The quantitative estimate of drug-likeness (QED) is 0.610. The van der Waals surface area contributed by atoms with Crippen molar-refractivity contribution < 1.29 is 4.79 Å². The lowest BCUT2D eigenvalue weighted by Crippen LogP contribution is -2.33. The minimum absolute atomic E-state index is 0.0292. The number of hydrogen-bond donors (Lipinski definition) is 2. The number of hydrogen-bond acceptors (Lipinski definition) is 5. The predicted octanol–water partition coefficient (Wildman–Crippen LogP) is 2.96. The topological polar surface area (TPSA) is 85.8 Å². The van der Waals surface area contributed by atoms with E-state index in [4.69, 9.17) is 5.84 Å². The van der Waals surface area contributed by atoms with Crippen LogP contribution in [0.4, 0.5) is 0 Å². The number of carbonyl (C=O) groups excluding carboxylic acids is 1. The van der Waals surface area contributed by atoms with Crippen molar-refractivity contribution in [3.8, 4) is 11.4 Å². The molecule has 0 spiro atoms. The number of nitrogens with one attached hydrogen (secondary N) is 1. The van der Waals surface area contributed by atoms with Crippen molar-refractivity contribution in [2.24, 2.45) is 0 Å². The van der Waals surface area contributed by atoms with Gasteiger partial charge in [0.2, 0.25) is 11.1 Å². The van der Waals surface area contributed by atoms with E-state index >= 15 is 0 Å². The largest absolute Gasteiger partial charge is 0.353 e. The minimum atomic E-state index is -0.0292. The molecule has 2 rings (SSSR count). The van der Waals surface area contributed by atoms with Gasteiger partial charge in [0.05, 0.1) is 5.75 Å². The standard InChI is InChI=1S/C18H27N5OS/c1-6-12(2)20-15(24)11-25-17-22-21-16(23(17)19)13-7-9-14(10-8-13)18(3,4)5/h7-10,12H,6,11,19H2,1-5H3,(H,20,24). The summed E-state index contributed by atoms with van der Waals surface area (Å²) in [6, 6.07) is 8.32. The maximum atomic E-state index is 11.9. The summed E-state index contributed by atoms with van der Waals surface area (Å²) in [6.45, 7) is 10.5. The number of nitrogens with zero attached hydrogens (tertiary/aromatic N) is 3. The first-order chi connectivity index (χ1) is 11.7.